The fourth-order valence-corrected chi connectivity index (χ4v) is 10.7. The second kappa shape index (κ2) is 16.2. The van der Waals surface area contributed by atoms with Crippen LogP contribution in [0.1, 0.15) is 22.3 Å². The van der Waals surface area contributed by atoms with Crippen LogP contribution in [0, 0.1) is 0 Å². The molecule has 13 rings (SSSR count). The van der Waals surface area contributed by atoms with Crippen LogP contribution in [-0.2, 0) is 5.41 Å². The maximum Gasteiger partial charge on any atom is 0.164 e. The van der Waals surface area contributed by atoms with Gasteiger partial charge in [-0.3, -0.25) is 0 Å². The Bertz CT molecular complexity index is 3790. The van der Waals surface area contributed by atoms with Crippen LogP contribution in [0.2, 0.25) is 0 Å². The zero-order valence-electron chi connectivity index (χ0n) is 37.0. The highest BCUT2D eigenvalue weighted by molar-refractivity contribution is 6.16. The zero-order chi connectivity index (χ0) is 45.0. The Morgan fingerprint density at radius 1 is 0.294 bits per heavy atom. The molecule has 0 atom stereocenters. The highest BCUT2D eigenvalue weighted by Crippen LogP contribution is 2.56. The van der Waals surface area contributed by atoms with Crippen LogP contribution in [0.3, 0.4) is 0 Å². The molecule has 1 aliphatic carbocycles. The van der Waals surface area contributed by atoms with Crippen molar-refractivity contribution in [3.63, 3.8) is 0 Å². The highest BCUT2D eigenvalue weighted by atomic mass is 15.0. The minimum absolute atomic E-state index is 0.552. The van der Waals surface area contributed by atoms with Crippen LogP contribution in [0.15, 0.2) is 255 Å². The van der Waals surface area contributed by atoms with E-state index in [4.69, 9.17) is 15.0 Å². The number of rotatable bonds is 8. The Morgan fingerprint density at radius 2 is 0.794 bits per heavy atom. The average molecular weight is 867 g/mol. The van der Waals surface area contributed by atoms with Gasteiger partial charge in [-0.05, 0) is 98.1 Å². The third-order valence-corrected chi connectivity index (χ3v) is 13.7. The van der Waals surface area contributed by atoms with Crippen LogP contribution >= 0.6 is 0 Å². The van der Waals surface area contributed by atoms with E-state index in [0.29, 0.717) is 17.5 Å². The van der Waals surface area contributed by atoms with Gasteiger partial charge in [0, 0.05) is 33.2 Å². The third-order valence-electron chi connectivity index (χ3n) is 13.7. The topological polar surface area (TPSA) is 43.6 Å². The van der Waals surface area contributed by atoms with Gasteiger partial charge in [0.1, 0.15) is 0 Å². The van der Waals surface area contributed by atoms with Crippen molar-refractivity contribution >= 4 is 21.8 Å². The van der Waals surface area contributed by atoms with Gasteiger partial charge in [0.05, 0.1) is 16.4 Å². The lowest BCUT2D eigenvalue weighted by molar-refractivity contribution is 0.768. The molecule has 318 valence electrons. The van der Waals surface area contributed by atoms with E-state index >= 15 is 0 Å². The van der Waals surface area contributed by atoms with E-state index in [1.54, 1.807) is 0 Å². The third kappa shape index (κ3) is 6.34. The Kier molecular flexibility index (Phi) is 9.36. The van der Waals surface area contributed by atoms with Gasteiger partial charge in [0.2, 0.25) is 0 Å². The van der Waals surface area contributed by atoms with Crippen LogP contribution in [0.5, 0.6) is 0 Å². The summed E-state index contributed by atoms with van der Waals surface area (Å²) < 4.78 is 2.39. The lowest BCUT2D eigenvalue weighted by Crippen LogP contribution is -2.28. The maximum atomic E-state index is 5.38. The summed E-state index contributed by atoms with van der Waals surface area (Å²) in [5.74, 6) is 1.86. The smallest absolute Gasteiger partial charge is 0.164 e. The lowest BCUT2D eigenvalue weighted by Gasteiger charge is -2.34. The molecule has 0 radical (unpaired) electrons. The molecule has 1 aliphatic rings. The summed E-state index contributed by atoms with van der Waals surface area (Å²) in [6, 6.07) is 91.2. The standard InChI is InChI=1S/C64H42N4/c1-6-20-43(21-7-1)45-37-39-58-55(41-45)60-52(33-19-35-59(60)68(58)51-30-14-5-15-31-51)46-24-18-25-47(40-46)62-65-61(44-22-8-2-9-23-44)66-63(67-62)48-36-38-54-53-32-16-17-34-56(53)64(57(54)42-48,49-26-10-3-11-27-49)50-28-12-4-13-29-50/h1-42H. The minimum atomic E-state index is -0.552. The summed E-state index contributed by atoms with van der Waals surface area (Å²) >= 11 is 0. The molecule has 0 aliphatic heterocycles. The van der Waals surface area contributed by atoms with Crippen molar-refractivity contribution in [2.75, 3.05) is 0 Å². The molecule has 0 saturated heterocycles. The molecule has 10 aromatic carbocycles. The number of hydrogen-bond donors (Lipinski definition) is 0. The lowest BCUT2D eigenvalue weighted by atomic mass is 9.67. The molecule has 0 unspecified atom stereocenters. The first kappa shape index (κ1) is 39.4. The number of benzene rings is 10. The van der Waals surface area contributed by atoms with Crippen molar-refractivity contribution in [2.24, 2.45) is 0 Å². The molecule has 0 saturated carbocycles. The Hall–Kier alpha value is -8.99. The van der Waals surface area contributed by atoms with Crippen molar-refractivity contribution in [1.29, 1.82) is 0 Å². The van der Waals surface area contributed by atoms with E-state index < -0.39 is 5.41 Å². The van der Waals surface area contributed by atoms with Crippen molar-refractivity contribution in [3.05, 3.63) is 277 Å². The molecule has 0 amide bonds. The van der Waals surface area contributed by atoms with E-state index in [1.165, 1.54) is 55.3 Å². The number of hydrogen-bond acceptors (Lipinski definition) is 3. The van der Waals surface area contributed by atoms with E-state index in [1.807, 2.05) is 18.2 Å². The van der Waals surface area contributed by atoms with E-state index in [2.05, 4.69) is 241 Å². The van der Waals surface area contributed by atoms with Gasteiger partial charge in [-0.15, -0.1) is 0 Å². The van der Waals surface area contributed by atoms with Gasteiger partial charge in [-0.25, -0.2) is 15.0 Å². The van der Waals surface area contributed by atoms with Crippen LogP contribution in [0.4, 0.5) is 0 Å². The fourth-order valence-electron chi connectivity index (χ4n) is 10.7. The molecule has 4 nitrogen and oxygen atoms in total. The molecule has 0 bridgehead atoms. The molecule has 12 aromatic rings. The van der Waals surface area contributed by atoms with Crippen molar-refractivity contribution < 1.29 is 0 Å². The van der Waals surface area contributed by atoms with Gasteiger partial charge in [-0.1, -0.05) is 212 Å². The minimum Gasteiger partial charge on any atom is -0.309 e. The summed E-state index contributed by atoms with van der Waals surface area (Å²) in [7, 11) is 0. The number of nitrogens with zero attached hydrogens (tertiary/aromatic N) is 4. The predicted molar refractivity (Wildman–Crippen MR) is 279 cm³/mol. The fraction of sp³-hybridized carbons (Fsp3) is 0.0156. The molecule has 2 heterocycles. The Balaban J connectivity index is 1.00. The zero-order valence-corrected chi connectivity index (χ0v) is 37.0. The van der Waals surface area contributed by atoms with Gasteiger partial charge in [0.25, 0.3) is 0 Å². The molecule has 0 N–H and O–H groups in total. The molecule has 0 spiro atoms. The van der Waals surface area contributed by atoms with E-state index in [0.717, 1.165) is 44.5 Å². The maximum absolute atomic E-state index is 5.38. The van der Waals surface area contributed by atoms with Crippen LogP contribution in [0.25, 0.3) is 95.0 Å². The van der Waals surface area contributed by atoms with E-state index in [9.17, 15) is 0 Å². The largest absolute Gasteiger partial charge is 0.309 e. The summed E-state index contributed by atoms with van der Waals surface area (Å²) in [5.41, 5.74) is 17.6. The Morgan fingerprint density at radius 3 is 1.49 bits per heavy atom. The Labute approximate surface area is 395 Å². The monoisotopic (exact) mass is 866 g/mol. The summed E-state index contributed by atoms with van der Waals surface area (Å²) in [4.78, 5) is 15.9. The molecular formula is C64H42N4. The van der Waals surface area contributed by atoms with Gasteiger partial charge < -0.3 is 4.57 Å². The summed E-state index contributed by atoms with van der Waals surface area (Å²) in [6.07, 6.45) is 0. The number of fused-ring (bicyclic) bond motifs is 6. The molecule has 4 heteroatoms. The first-order chi connectivity index (χ1) is 33.7. The summed E-state index contributed by atoms with van der Waals surface area (Å²) in [6.45, 7) is 0. The second-order valence-corrected chi connectivity index (χ2v) is 17.5. The average Bonchev–Trinajstić information content (AvgIpc) is 3.92. The van der Waals surface area contributed by atoms with Crippen LogP contribution in [-0.4, -0.2) is 19.5 Å². The van der Waals surface area contributed by atoms with Gasteiger partial charge >= 0.3 is 0 Å². The quantitative estimate of drug-likeness (QED) is 0.153. The van der Waals surface area contributed by atoms with Crippen LogP contribution < -0.4 is 0 Å². The molecule has 0 fully saturated rings. The normalized spacial score (nSPS) is 12.5. The first-order valence-corrected chi connectivity index (χ1v) is 23.2. The summed E-state index contributed by atoms with van der Waals surface area (Å²) in [5, 5.41) is 2.39. The molecule has 68 heavy (non-hydrogen) atoms. The molecular weight excluding hydrogens is 825 g/mol. The SMILES string of the molecule is c1ccc(-c2ccc3c(c2)c2c(-c4cccc(-c5nc(-c6ccccc6)nc(-c6ccc7c(c6)C(c6ccccc6)(c6ccccc6)c6ccccc6-7)n5)c4)cccc2n3-c2ccccc2)cc1. The van der Waals surface area contributed by atoms with Gasteiger partial charge in [0.15, 0.2) is 17.5 Å². The number of aromatic nitrogens is 4. The second-order valence-electron chi connectivity index (χ2n) is 17.5. The van der Waals surface area contributed by atoms with Gasteiger partial charge in [-0.2, -0.15) is 0 Å². The van der Waals surface area contributed by atoms with Crippen molar-refractivity contribution in [1.82, 2.24) is 19.5 Å². The highest BCUT2D eigenvalue weighted by Gasteiger charge is 2.46. The van der Waals surface area contributed by atoms with Crippen molar-refractivity contribution in [3.8, 4) is 73.2 Å². The van der Waals surface area contributed by atoms with E-state index in [-0.39, 0.29) is 0 Å². The molecule has 2 aromatic heterocycles. The van der Waals surface area contributed by atoms with Crippen molar-refractivity contribution in [2.45, 2.75) is 5.41 Å². The first-order valence-electron chi connectivity index (χ1n) is 23.2. The number of para-hydroxylation sites is 1. The predicted octanol–water partition coefficient (Wildman–Crippen LogP) is 15.7.